The Balaban J connectivity index is 1.97. The number of hydrogen-bond acceptors (Lipinski definition) is 4. The predicted octanol–water partition coefficient (Wildman–Crippen LogP) is 3.33. The van der Waals surface area contributed by atoms with E-state index in [1.165, 1.54) is 12.1 Å². The van der Waals surface area contributed by atoms with Gasteiger partial charge in [-0.2, -0.15) is 0 Å². The van der Waals surface area contributed by atoms with Gasteiger partial charge in [0.25, 0.3) is 5.69 Å². The molecule has 0 fully saturated rings. The first-order chi connectivity index (χ1) is 10.1. The number of non-ortho nitro benzene ring substituents is 1. The number of rotatable bonds is 6. The van der Waals surface area contributed by atoms with Gasteiger partial charge in [0.2, 0.25) is 0 Å². The maximum atomic E-state index is 10.6. The van der Waals surface area contributed by atoms with Crippen LogP contribution in [0.4, 0.5) is 5.69 Å². The lowest BCUT2D eigenvalue weighted by molar-refractivity contribution is -0.384. The molecule has 0 spiro atoms. The van der Waals surface area contributed by atoms with Gasteiger partial charge in [-0.1, -0.05) is 35.9 Å². The number of nitro groups is 1. The van der Waals surface area contributed by atoms with Crippen LogP contribution in [0.3, 0.4) is 0 Å². The normalized spacial score (nSPS) is 10.4. The zero-order valence-corrected chi connectivity index (χ0v) is 12.0. The van der Waals surface area contributed by atoms with Crippen LogP contribution in [-0.4, -0.2) is 11.5 Å². The summed E-state index contributed by atoms with van der Waals surface area (Å²) in [4.78, 5) is 10.2. The molecule has 0 saturated carbocycles. The molecule has 0 aliphatic heterocycles. The Labute approximate surface area is 127 Å². The van der Waals surface area contributed by atoms with Crippen LogP contribution in [0.5, 0.6) is 5.75 Å². The lowest BCUT2D eigenvalue weighted by Crippen LogP contribution is -2.06. The highest BCUT2D eigenvalue weighted by atomic mass is 35.5. The van der Waals surface area contributed by atoms with Gasteiger partial charge in [0, 0.05) is 30.7 Å². The minimum absolute atomic E-state index is 0.0798. The summed E-state index contributed by atoms with van der Waals surface area (Å²) in [7, 11) is 0. The van der Waals surface area contributed by atoms with Crippen molar-refractivity contribution >= 4 is 17.3 Å². The third-order valence-electron chi connectivity index (χ3n) is 3.05. The Morgan fingerprint density at radius 3 is 2.52 bits per heavy atom. The summed E-state index contributed by atoms with van der Waals surface area (Å²) < 4.78 is 5.69. The molecule has 21 heavy (non-hydrogen) atoms. The highest BCUT2D eigenvalue weighted by molar-refractivity contribution is 6.32. The van der Waals surface area contributed by atoms with E-state index in [1.807, 2.05) is 12.1 Å². The quantitative estimate of drug-likeness (QED) is 0.656. The molecule has 0 aliphatic rings. The highest BCUT2D eigenvalue weighted by Crippen LogP contribution is 2.28. The van der Waals surface area contributed by atoms with Gasteiger partial charge < -0.3 is 10.5 Å². The second kappa shape index (κ2) is 7.06. The van der Waals surface area contributed by atoms with Crippen LogP contribution in [0.1, 0.15) is 11.1 Å². The minimum Gasteiger partial charge on any atom is -0.491 e. The topological polar surface area (TPSA) is 78.4 Å². The number of ether oxygens (including phenoxy) is 1. The molecule has 2 aromatic carbocycles. The van der Waals surface area contributed by atoms with E-state index in [2.05, 4.69) is 0 Å². The van der Waals surface area contributed by atoms with Gasteiger partial charge in [-0.25, -0.2) is 0 Å². The van der Waals surface area contributed by atoms with Crippen molar-refractivity contribution in [3.05, 3.63) is 68.7 Å². The summed E-state index contributed by atoms with van der Waals surface area (Å²) >= 11 is 6.09. The van der Waals surface area contributed by atoms with Crippen LogP contribution >= 0.6 is 11.6 Å². The van der Waals surface area contributed by atoms with Gasteiger partial charge in [-0.3, -0.25) is 10.1 Å². The average molecular weight is 307 g/mol. The molecule has 0 aliphatic carbocycles. The molecule has 0 aromatic heterocycles. The zero-order chi connectivity index (χ0) is 15.2. The molecule has 0 amide bonds. The van der Waals surface area contributed by atoms with E-state index >= 15 is 0 Å². The Morgan fingerprint density at radius 1 is 1.19 bits per heavy atom. The second-order valence-electron chi connectivity index (χ2n) is 4.45. The molecule has 0 radical (unpaired) electrons. The number of halogens is 1. The summed E-state index contributed by atoms with van der Waals surface area (Å²) in [6, 6.07) is 11.9. The molecular weight excluding hydrogens is 292 g/mol. The lowest BCUT2D eigenvalue weighted by Gasteiger charge is -2.12. The smallest absolute Gasteiger partial charge is 0.269 e. The SMILES string of the molecule is NCc1cccc(Cl)c1OCCc1ccc([N+](=O)[O-])cc1. The summed E-state index contributed by atoms with van der Waals surface area (Å²) in [5, 5.41) is 11.1. The molecule has 110 valence electrons. The zero-order valence-electron chi connectivity index (χ0n) is 11.3. The van der Waals surface area contributed by atoms with Crippen LogP contribution in [0.15, 0.2) is 42.5 Å². The van der Waals surface area contributed by atoms with Gasteiger partial charge in [0.05, 0.1) is 16.6 Å². The second-order valence-corrected chi connectivity index (χ2v) is 4.86. The first kappa shape index (κ1) is 15.3. The average Bonchev–Trinajstić information content (AvgIpc) is 2.49. The first-order valence-corrected chi connectivity index (χ1v) is 6.83. The van der Waals surface area contributed by atoms with E-state index in [0.717, 1.165) is 11.1 Å². The molecule has 0 bridgehead atoms. The fourth-order valence-corrected chi connectivity index (χ4v) is 2.18. The molecule has 0 saturated heterocycles. The van der Waals surface area contributed by atoms with Crippen molar-refractivity contribution in [2.24, 2.45) is 5.73 Å². The van der Waals surface area contributed by atoms with Crippen molar-refractivity contribution in [2.75, 3.05) is 6.61 Å². The first-order valence-electron chi connectivity index (χ1n) is 6.45. The van der Waals surface area contributed by atoms with Crippen LogP contribution in [0, 0.1) is 10.1 Å². The Morgan fingerprint density at radius 2 is 1.90 bits per heavy atom. The van der Waals surface area contributed by atoms with Crippen LogP contribution in [0.2, 0.25) is 5.02 Å². The third-order valence-corrected chi connectivity index (χ3v) is 3.35. The number of nitrogens with zero attached hydrogens (tertiary/aromatic N) is 1. The van der Waals surface area contributed by atoms with Crippen molar-refractivity contribution in [3.63, 3.8) is 0 Å². The minimum atomic E-state index is -0.419. The van der Waals surface area contributed by atoms with E-state index in [4.69, 9.17) is 22.1 Å². The maximum absolute atomic E-state index is 10.6. The Bertz CT molecular complexity index is 629. The van der Waals surface area contributed by atoms with Crippen molar-refractivity contribution in [1.29, 1.82) is 0 Å². The summed E-state index contributed by atoms with van der Waals surface area (Å²) in [6.45, 7) is 0.780. The van der Waals surface area contributed by atoms with E-state index in [9.17, 15) is 10.1 Å². The molecule has 6 heteroatoms. The van der Waals surface area contributed by atoms with E-state index in [1.54, 1.807) is 18.2 Å². The number of nitrogens with two attached hydrogens (primary N) is 1. The number of nitro benzene ring substituents is 1. The van der Waals surface area contributed by atoms with Crippen LogP contribution in [-0.2, 0) is 13.0 Å². The van der Waals surface area contributed by atoms with Crippen molar-refractivity contribution in [2.45, 2.75) is 13.0 Å². The number of hydrogen-bond donors (Lipinski definition) is 1. The van der Waals surface area contributed by atoms with Crippen LogP contribution in [0.25, 0.3) is 0 Å². The summed E-state index contributed by atoms with van der Waals surface area (Å²) in [5.74, 6) is 0.601. The molecular formula is C15H15ClN2O3. The molecule has 5 nitrogen and oxygen atoms in total. The molecule has 2 aromatic rings. The van der Waals surface area contributed by atoms with E-state index < -0.39 is 4.92 Å². The molecule has 2 rings (SSSR count). The monoisotopic (exact) mass is 306 g/mol. The standard InChI is InChI=1S/C15H15ClN2O3/c16-14-3-1-2-12(10-17)15(14)21-9-8-11-4-6-13(7-5-11)18(19)20/h1-7H,8-10,17H2. The Kier molecular flexibility index (Phi) is 5.14. The Hall–Kier alpha value is -2.11. The largest absolute Gasteiger partial charge is 0.491 e. The highest BCUT2D eigenvalue weighted by Gasteiger charge is 2.08. The lowest BCUT2D eigenvalue weighted by atomic mass is 10.1. The van der Waals surface area contributed by atoms with Gasteiger partial charge >= 0.3 is 0 Å². The maximum Gasteiger partial charge on any atom is 0.269 e. The molecule has 0 unspecified atom stereocenters. The van der Waals surface area contributed by atoms with E-state index in [-0.39, 0.29) is 5.69 Å². The number of para-hydroxylation sites is 1. The van der Waals surface area contributed by atoms with Crippen molar-refractivity contribution < 1.29 is 9.66 Å². The molecule has 0 atom stereocenters. The van der Waals surface area contributed by atoms with Gasteiger partial charge in [0.1, 0.15) is 5.75 Å². The van der Waals surface area contributed by atoms with Gasteiger partial charge in [-0.05, 0) is 11.6 Å². The van der Waals surface area contributed by atoms with Crippen molar-refractivity contribution in [1.82, 2.24) is 0 Å². The third kappa shape index (κ3) is 3.93. The predicted molar refractivity (Wildman–Crippen MR) is 81.6 cm³/mol. The van der Waals surface area contributed by atoms with Crippen molar-refractivity contribution in [3.8, 4) is 5.75 Å². The van der Waals surface area contributed by atoms with Gasteiger partial charge in [-0.15, -0.1) is 0 Å². The molecule has 2 N–H and O–H groups in total. The number of benzene rings is 2. The summed E-state index contributed by atoms with van der Waals surface area (Å²) in [5.41, 5.74) is 7.54. The molecule has 0 heterocycles. The summed E-state index contributed by atoms with van der Waals surface area (Å²) in [6.07, 6.45) is 0.632. The fourth-order valence-electron chi connectivity index (χ4n) is 1.93. The van der Waals surface area contributed by atoms with Crippen LogP contribution < -0.4 is 10.5 Å². The van der Waals surface area contributed by atoms with E-state index in [0.29, 0.717) is 30.3 Å². The van der Waals surface area contributed by atoms with Gasteiger partial charge in [0.15, 0.2) is 0 Å². The fraction of sp³-hybridized carbons (Fsp3) is 0.200.